The molecule has 0 aromatic carbocycles. The summed E-state index contributed by atoms with van der Waals surface area (Å²) in [6.45, 7) is 5.58. The zero-order chi connectivity index (χ0) is 11.4. The number of aromatic nitrogens is 3. The summed E-state index contributed by atoms with van der Waals surface area (Å²) in [6, 6.07) is 4.20. The van der Waals surface area contributed by atoms with Crippen molar-refractivity contribution in [2.75, 3.05) is 0 Å². The predicted octanol–water partition coefficient (Wildman–Crippen LogP) is 1.36. The Labute approximate surface area is 94.4 Å². The molecule has 5 nitrogen and oxygen atoms in total. The molecule has 0 radical (unpaired) electrons. The summed E-state index contributed by atoms with van der Waals surface area (Å²) < 4.78 is 7.02. The predicted molar refractivity (Wildman–Crippen MR) is 59.8 cm³/mol. The standard InChI is InChI=1S/C11H16N4O/c1-9-6-11(16-14-9)7-12-10(2)8-15-5-3-4-13-15/h3-6,10,12H,7-8H2,1-2H3/t10-/m0/s1. The third-order valence-corrected chi connectivity index (χ3v) is 2.32. The van der Waals surface area contributed by atoms with Gasteiger partial charge in [-0.15, -0.1) is 0 Å². The fourth-order valence-electron chi connectivity index (χ4n) is 1.53. The number of hydrogen-bond acceptors (Lipinski definition) is 4. The van der Waals surface area contributed by atoms with Crippen LogP contribution >= 0.6 is 0 Å². The molecule has 2 rings (SSSR count). The summed E-state index contributed by atoms with van der Waals surface area (Å²) in [5.41, 5.74) is 0.913. The molecule has 0 spiro atoms. The molecule has 2 aromatic rings. The van der Waals surface area contributed by atoms with Gasteiger partial charge in [0.1, 0.15) is 0 Å². The lowest BCUT2D eigenvalue weighted by molar-refractivity contribution is 0.353. The maximum absolute atomic E-state index is 5.11. The molecular weight excluding hydrogens is 204 g/mol. The Kier molecular flexibility index (Phi) is 3.36. The zero-order valence-electron chi connectivity index (χ0n) is 9.55. The quantitative estimate of drug-likeness (QED) is 0.826. The van der Waals surface area contributed by atoms with Crippen LogP contribution in [0.3, 0.4) is 0 Å². The first-order valence-corrected chi connectivity index (χ1v) is 5.37. The Morgan fingerprint density at radius 1 is 1.56 bits per heavy atom. The van der Waals surface area contributed by atoms with Gasteiger partial charge in [-0.2, -0.15) is 5.10 Å². The molecule has 0 fully saturated rings. The monoisotopic (exact) mass is 220 g/mol. The minimum absolute atomic E-state index is 0.338. The van der Waals surface area contributed by atoms with Gasteiger partial charge in [-0.3, -0.25) is 4.68 Å². The molecule has 1 atom stereocenters. The van der Waals surface area contributed by atoms with Crippen molar-refractivity contribution in [1.82, 2.24) is 20.3 Å². The van der Waals surface area contributed by atoms with Crippen molar-refractivity contribution in [3.8, 4) is 0 Å². The van der Waals surface area contributed by atoms with Gasteiger partial charge in [-0.25, -0.2) is 0 Å². The molecule has 16 heavy (non-hydrogen) atoms. The van der Waals surface area contributed by atoms with Gasteiger partial charge < -0.3 is 9.84 Å². The highest BCUT2D eigenvalue weighted by atomic mass is 16.5. The van der Waals surface area contributed by atoms with Crippen LogP contribution in [0.2, 0.25) is 0 Å². The fourth-order valence-corrected chi connectivity index (χ4v) is 1.53. The molecule has 0 unspecified atom stereocenters. The van der Waals surface area contributed by atoms with Gasteiger partial charge in [0.25, 0.3) is 0 Å². The van der Waals surface area contributed by atoms with Crippen molar-refractivity contribution < 1.29 is 4.52 Å². The minimum Gasteiger partial charge on any atom is -0.360 e. The first kappa shape index (κ1) is 10.9. The number of nitrogens with zero attached hydrogens (tertiary/aromatic N) is 3. The molecule has 0 aliphatic rings. The normalized spacial score (nSPS) is 12.9. The Balaban J connectivity index is 1.77. The van der Waals surface area contributed by atoms with Gasteiger partial charge in [0.05, 0.1) is 18.8 Å². The van der Waals surface area contributed by atoms with E-state index in [1.165, 1.54) is 0 Å². The largest absolute Gasteiger partial charge is 0.360 e. The Morgan fingerprint density at radius 2 is 2.44 bits per heavy atom. The maximum atomic E-state index is 5.11. The van der Waals surface area contributed by atoms with Crippen molar-refractivity contribution in [1.29, 1.82) is 0 Å². The van der Waals surface area contributed by atoms with E-state index < -0.39 is 0 Å². The summed E-state index contributed by atoms with van der Waals surface area (Å²) in [4.78, 5) is 0. The van der Waals surface area contributed by atoms with Gasteiger partial charge in [0, 0.05) is 24.5 Å². The second kappa shape index (κ2) is 4.94. The number of aryl methyl sites for hydroxylation is 1. The second-order valence-corrected chi connectivity index (χ2v) is 3.94. The summed E-state index contributed by atoms with van der Waals surface area (Å²) in [6.07, 6.45) is 3.74. The third-order valence-electron chi connectivity index (χ3n) is 2.32. The second-order valence-electron chi connectivity index (χ2n) is 3.94. The lowest BCUT2D eigenvalue weighted by Crippen LogP contribution is -2.29. The lowest BCUT2D eigenvalue weighted by atomic mass is 10.3. The maximum Gasteiger partial charge on any atom is 0.150 e. The first-order chi connectivity index (χ1) is 7.74. The molecule has 0 aliphatic carbocycles. The van der Waals surface area contributed by atoms with Crippen LogP contribution in [0, 0.1) is 6.92 Å². The molecule has 2 aromatic heterocycles. The van der Waals surface area contributed by atoms with E-state index in [9.17, 15) is 0 Å². The van der Waals surface area contributed by atoms with Crippen LogP contribution in [0.4, 0.5) is 0 Å². The average molecular weight is 220 g/mol. The molecule has 5 heteroatoms. The molecule has 0 saturated heterocycles. The van der Waals surface area contributed by atoms with E-state index in [4.69, 9.17) is 4.52 Å². The molecular formula is C11H16N4O. The molecule has 86 valence electrons. The van der Waals surface area contributed by atoms with E-state index in [0.29, 0.717) is 12.6 Å². The van der Waals surface area contributed by atoms with Gasteiger partial charge in [-0.05, 0) is 19.9 Å². The highest BCUT2D eigenvalue weighted by molar-refractivity contribution is 5.02. The number of hydrogen-bond donors (Lipinski definition) is 1. The van der Waals surface area contributed by atoms with Crippen molar-refractivity contribution >= 4 is 0 Å². The van der Waals surface area contributed by atoms with E-state index >= 15 is 0 Å². The van der Waals surface area contributed by atoms with E-state index in [1.807, 2.05) is 29.9 Å². The number of nitrogens with one attached hydrogen (secondary N) is 1. The topological polar surface area (TPSA) is 55.9 Å². The van der Waals surface area contributed by atoms with Gasteiger partial charge >= 0.3 is 0 Å². The van der Waals surface area contributed by atoms with E-state index in [2.05, 4.69) is 22.5 Å². The van der Waals surface area contributed by atoms with Gasteiger partial charge in [0.15, 0.2) is 5.76 Å². The Hall–Kier alpha value is -1.62. The molecule has 0 saturated carbocycles. The summed E-state index contributed by atoms with van der Waals surface area (Å²) in [5, 5.41) is 11.3. The number of rotatable bonds is 5. The summed E-state index contributed by atoms with van der Waals surface area (Å²) in [7, 11) is 0. The van der Waals surface area contributed by atoms with Crippen LogP contribution in [-0.4, -0.2) is 21.0 Å². The van der Waals surface area contributed by atoms with Crippen molar-refractivity contribution in [2.45, 2.75) is 33.0 Å². The van der Waals surface area contributed by atoms with Crippen molar-refractivity contribution in [3.05, 3.63) is 36.0 Å². The lowest BCUT2D eigenvalue weighted by Gasteiger charge is -2.12. The molecule has 1 N–H and O–H groups in total. The van der Waals surface area contributed by atoms with Crippen LogP contribution < -0.4 is 5.32 Å². The molecule has 2 heterocycles. The Morgan fingerprint density at radius 3 is 3.06 bits per heavy atom. The first-order valence-electron chi connectivity index (χ1n) is 5.37. The van der Waals surface area contributed by atoms with Crippen molar-refractivity contribution in [3.63, 3.8) is 0 Å². The minimum atomic E-state index is 0.338. The van der Waals surface area contributed by atoms with Gasteiger partial charge in [0.2, 0.25) is 0 Å². The third kappa shape index (κ3) is 2.93. The average Bonchev–Trinajstić information content (AvgIpc) is 2.87. The van der Waals surface area contributed by atoms with Crippen LogP contribution in [0.5, 0.6) is 0 Å². The fraction of sp³-hybridized carbons (Fsp3) is 0.455. The van der Waals surface area contributed by atoms with Crippen LogP contribution in [0.15, 0.2) is 29.0 Å². The summed E-state index contributed by atoms with van der Waals surface area (Å²) >= 11 is 0. The molecule has 0 amide bonds. The molecule has 0 bridgehead atoms. The van der Waals surface area contributed by atoms with Crippen LogP contribution in [0.25, 0.3) is 0 Å². The molecule has 0 aliphatic heterocycles. The van der Waals surface area contributed by atoms with E-state index in [0.717, 1.165) is 18.0 Å². The highest BCUT2D eigenvalue weighted by Crippen LogP contribution is 2.02. The highest BCUT2D eigenvalue weighted by Gasteiger charge is 2.05. The van der Waals surface area contributed by atoms with E-state index in [1.54, 1.807) is 6.20 Å². The smallest absolute Gasteiger partial charge is 0.150 e. The van der Waals surface area contributed by atoms with Gasteiger partial charge in [-0.1, -0.05) is 5.16 Å². The van der Waals surface area contributed by atoms with Crippen LogP contribution in [0.1, 0.15) is 18.4 Å². The summed E-state index contributed by atoms with van der Waals surface area (Å²) in [5.74, 6) is 0.866. The van der Waals surface area contributed by atoms with Crippen molar-refractivity contribution in [2.24, 2.45) is 0 Å². The van der Waals surface area contributed by atoms with E-state index in [-0.39, 0.29) is 0 Å². The zero-order valence-corrected chi connectivity index (χ0v) is 9.55. The Bertz CT molecular complexity index is 421. The van der Waals surface area contributed by atoms with Crippen LogP contribution in [-0.2, 0) is 13.1 Å². The SMILES string of the molecule is Cc1cc(CN[C@@H](C)Cn2cccn2)on1.